The van der Waals surface area contributed by atoms with Crippen molar-refractivity contribution in [2.75, 3.05) is 73.2 Å². The molecule has 0 saturated carbocycles. The normalized spacial score (nSPS) is 22.5. The monoisotopic (exact) mass is 414 g/mol. The summed E-state index contributed by atoms with van der Waals surface area (Å²) in [6.07, 6.45) is 1.59. The van der Waals surface area contributed by atoms with Gasteiger partial charge >= 0.3 is 0 Å². The minimum Gasteiger partial charge on any atom is -0.383 e. The molecule has 0 radical (unpaired) electrons. The van der Waals surface area contributed by atoms with Crippen molar-refractivity contribution in [2.24, 2.45) is 0 Å². The number of hydrogen-bond acceptors (Lipinski definition) is 6. The van der Waals surface area contributed by atoms with Crippen LogP contribution >= 0.6 is 12.4 Å². The van der Waals surface area contributed by atoms with Gasteiger partial charge in [0.25, 0.3) is 10.2 Å². The third-order valence-electron chi connectivity index (χ3n) is 4.67. The van der Waals surface area contributed by atoms with Gasteiger partial charge in [0.15, 0.2) is 0 Å². The van der Waals surface area contributed by atoms with E-state index >= 15 is 0 Å². The number of carbonyl (C=O) groups is 1. The number of nitrogens with zero attached hydrogens (tertiary/aromatic N) is 3. The summed E-state index contributed by atoms with van der Waals surface area (Å²) in [6, 6.07) is -0.0511. The zero-order chi connectivity index (χ0) is 18.3. The van der Waals surface area contributed by atoms with E-state index in [4.69, 9.17) is 9.47 Å². The lowest BCUT2D eigenvalue weighted by molar-refractivity contribution is -0.135. The van der Waals surface area contributed by atoms with Crippen molar-refractivity contribution in [3.63, 3.8) is 0 Å². The van der Waals surface area contributed by atoms with Crippen LogP contribution in [0.1, 0.15) is 12.8 Å². The molecule has 2 heterocycles. The number of methoxy groups -OCH3 is 2. The van der Waals surface area contributed by atoms with Gasteiger partial charge < -0.3 is 19.7 Å². The SMILES string of the molecule is COCCN(CCOC)S(=O)(=O)N1CCCC(N2CCNCC2=O)C1.Cl. The largest absolute Gasteiger partial charge is 0.383 e. The first-order valence-corrected chi connectivity index (χ1v) is 10.1. The van der Waals surface area contributed by atoms with E-state index in [9.17, 15) is 13.2 Å². The summed E-state index contributed by atoms with van der Waals surface area (Å²) in [7, 11) is -0.505. The molecular formula is C15H31ClN4O5S. The predicted molar refractivity (Wildman–Crippen MR) is 101 cm³/mol. The number of ether oxygens (including phenoxy) is 2. The first-order chi connectivity index (χ1) is 12.0. The highest BCUT2D eigenvalue weighted by Crippen LogP contribution is 2.21. The van der Waals surface area contributed by atoms with Crippen molar-refractivity contribution in [2.45, 2.75) is 18.9 Å². The lowest BCUT2D eigenvalue weighted by Gasteiger charge is -2.41. The van der Waals surface area contributed by atoms with Crippen LogP contribution < -0.4 is 5.32 Å². The molecule has 1 N–H and O–H groups in total. The maximum Gasteiger partial charge on any atom is 0.282 e. The van der Waals surface area contributed by atoms with Gasteiger partial charge in [0.1, 0.15) is 0 Å². The van der Waals surface area contributed by atoms with E-state index in [1.807, 2.05) is 4.90 Å². The van der Waals surface area contributed by atoms with Gasteiger partial charge in [0.2, 0.25) is 5.91 Å². The third kappa shape index (κ3) is 6.01. The van der Waals surface area contributed by atoms with Crippen LogP contribution in [0.25, 0.3) is 0 Å². The maximum atomic E-state index is 13.0. The molecule has 2 aliphatic heterocycles. The Hall–Kier alpha value is -0.490. The van der Waals surface area contributed by atoms with Crippen molar-refractivity contribution in [3.05, 3.63) is 0 Å². The van der Waals surface area contributed by atoms with Crippen LogP contribution in [0, 0.1) is 0 Å². The molecule has 26 heavy (non-hydrogen) atoms. The highest BCUT2D eigenvalue weighted by Gasteiger charge is 2.37. The van der Waals surface area contributed by atoms with Gasteiger partial charge in [-0.2, -0.15) is 17.0 Å². The van der Waals surface area contributed by atoms with Crippen molar-refractivity contribution >= 4 is 28.5 Å². The summed E-state index contributed by atoms with van der Waals surface area (Å²) < 4.78 is 39.1. The molecule has 0 aromatic rings. The van der Waals surface area contributed by atoms with Crippen LogP contribution in [0.3, 0.4) is 0 Å². The molecule has 11 heteroatoms. The fourth-order valence-corrected chi connectivity index (χ4v) is 4.94. The molecule has 2 saturated heterocycles. The lowest BCUT2D eigenvalue weighted by atomic mass is 10.1. The average molecular weight is 415 g/mol. The minimum absolute atomic E-state index is 0. The van der Waals surface area contributed by atoms with Crippen LogP contribution in [0.4, 0.5) is 0 Å². The van der Waals surface area contributed by atoms with Crippen molar-refractivity contribution in [3.8, 4) is 0 Å². The summed E-state index contributed by atoms with van der Waals surface area (Å²) in [5, 5.41) is 3.05. The number of hydrogen-bond donors (Lipinski definition) is 1. The number of carbonyl (C=O) groups excluding carboxylic acids is 1. The molecular weight excluding hydrogens is 384 g/mol. The minimum atomic E-state index is -3.60. The van der Waals surface area contributed by atoms with E-state index in [0.29, 0.717) is 39.4 Å². The molecule has 1 unspecified atom stereocenters. The highest BCUT2D eigenvalue weighted by atomic mass is 35.5. The molecule has 2 fully saturated rings. The predicted octanol–water partition coefficient (Wildman–Crippen LogP) is -0.856. The molecule has 0 aromatic carbocycles. The first kappa shape index (κ1) is 23.5. The molecule has 1 atom stereocenters. The van der Waals surface area contributed by atoms with Gasteiger partial charge in [0, 0.05) is 59.5 Å². The second-order valence-corrected chi connectivity index (χ2v) is 8.24. The van der Waals surface area contributed by atoms with Gasteiger partial charge in [0.05, 0.1) is 19.8 Å². The van der Waals surface area contributed by atoms with E-state index in [1.54, 1.807) is 14.2 Å². The van der Waals surface area contributed by atoms with E-state index in [0.717, 1.165) is 19.4 Å². The molecule has 0 bridgehead atoms. The van der Waals surface area contributed by atoms with Crippen LogP contribution in [0.2, 0.25) is 0 Å². The Bertz CT molecular complexity index is 528. The number of nitrogens with one attached hydrogen (secondary N) is 1. The number of piperidine rings is 1. The molecule has 9 nitrogen and oxygen atoms in total. The number of piperazine rings is 1. The quantitative estimate of drug-likeness (QED) is 0.528. The Morgan fingerprint density at radius 1 is 1.19 bits per heavy atom. The smallest absolute Gasteiger partial charge is 0.282 e. The number of halogens is 1. The highest BCUT2D eigenvalue weighted by molar-refractivity contribution is 7.86. The Morgan fingerprint density at radius 2 is 1.85 bits per heavy atom. The van der Waals surface area contributed by atoms with Crippen LogP contribution in [0.15, 0.2) is 0 Å². The van der Waals surface area contributed by atoms with Crippen molar-refractivity contribution in [1.82, 2.24) is 18.8 Å². The maximum absolute atomic E-state index is 13.0. The topological polar surface area (TPSA) is 91.4 Å². The summed E-state index contributed by atoms with van der Waals surface area (Å²) in [5.74, 6) is 0.0473. The van der Waals surface area contributed by atoms with Crippen molar-refractivity contribution < 1.29 is 22.7 Å². The summed E-state index contributed by atoms with van der Waals surface area (Å²) in [5.41, 5.74) is 0. The van der Waals surface area contributed by atoms with Crippen LogP contribution in [-0.4, -0.2) is 107 Å². The van der Waals surface area contributed by atoms with Crippen LogP contribution in [-0.2, 0) is 24.5 Å². The molecule has 1 amide bonds. The average Bonchev–Trinajstić information content (AvgIpc) is 2.62. The van der Waals surface area contributed by atoms with Gasteiger partial charge in [-0.15, -0.1) is 12.4 Å². The Kier molecular flexibility index (Phi) is 10.3. The zero-order valence-corrected chi connectivity index (χ0v) is 17.2. The van der Waals surface area contributed by atoms with Gasteiger partial charge in [-0.1, -0.05) is 0 Å². The summed E-state index contributed by atoms with van der Waals surface area (Å²) in [6.45, 7) is 3.78. The van der Waals surface area contributed by atoms with Gasteiger partial charge in [-0.25, -0.2) is 0 Å². The fraction of sp³-hybridized carbons (Fsp3) is 0.933. The van der Waals surface area contributed by atoms with E-state index < -0.39 is 10.2 Å². The van der Waals surface area contributed by atoms with E-state index in [2.05, 4.69) is 5.32 Å². The van der Waals surface area contributed by atoms with Gasteiger partial charge in [-0.3, -0.25) is 4.79 Å². The standard InChI is InChI=1S/C15H30N4O5S.ClH/c1-23-10-8-17(9-11-24-2)25(21,22)18-6-3-4-14(13-18)19-7-5-16-12-15(19)20;/h14,16H,3-13H2,1-2H3;1H. The number of rotatable bonds is 9. The Labute approximate surface area is 162 Å². The third-order valence-corrected chi connectivity index (χ3v) is 6.67. The fourth-order valence-electron chi connectivity index (χ4n) is 3.28. The van der Waals surface area contributed by atoms with E-state index in [-0.39, 0.29) is 37.4 Å². The molecule has 154 valence electrons. The molecule has 0 spiro atoms. The Balaban J connectivity index is 0.00000338. The molecule has 0 aliphatic carbocycles. The van der Waals surface area contributed by atoms with Crippen molar-refractivity contribution in [1.29, 1.82) is 0 Å². The number of amides is 1. The molecule has 2 aliphatic rings. The molecule has 0 aromatic heterocycles. The van der Waals surface area contributed by atoms with Crippen LogP contribution in [0.5, 0.6) is 0 Å². The molecule has 2 rings (SSSR count). The van der Waals surface area contributed by atoms with Gasteiger partial charge in [-0.05, 0) is 12.8 Å². The summed E-state index contributed by atoms with van der Waals surface area (Å²) in [4.78, 5) is 13.9. The zero-order valence-electron chi connectivity index (χ0n) is 15.6. The second-order valence-electron chi connectivity index (χ2n) is 6.31. The van der Waals surface area contributed by atoms with E-state index in [1.165, 1.54) is 8.61 Å². The summed E-state index contributed by atoms with van der Waals surface area (Å²) >= 11 is 0. The first-order valence-electron chi connectivity index (χ1n) is 8.74. The Morgan fingerprint density at radius 3 is 2.42 bits per heavy atom. The lowest BCUT2D eigenvalue weighted by Crippen LogP contribution is -2.59. The second kappa shape index (κ2) is 11.4.